The second-order valence-electron chi connectivity index (χ2n) is 2.91. The third kappa shape index (κ3) is 2.63. The summed E-state index contributed by atoms with van der Waals surface area (Å²) < 4.78 is 35.8. The van der Waals surface area contributed by atoms with Gasteiger partial charge in [0.15, 0.2) is 0 Å². The third-order valence-electron chi connectivity index (χ3n) is 1.82. The lowest BCUT2D eigenvalue weighted by molar-refractivity contribution is -0.167. The van der Waals surface area contributed by atoms with Crippen molar-refractivity contribution in [3.63, 3.8) is 0 Å². The van der Waals surface area contributed by atoms with Gasteiger partial charge in [-0.15, -0.1) is 0 Å². The maximum atomic E-state index is 11.9. The Morgan fingerprint density at radius 1 is 1.38 bits per heavy atom. The van der Waals surface area contributed by atoms with Gasteiger partial charge in [-0.25, -0.2) is 0 Å². The molecule has 16 heavy (non-hydrogen) atoms. The van der Waals surface area contributed by atoms with E-state index in [-0.39, 0.29) is 17.0 Å². The number of phenols is 1. The summed E-state index contributed by atoms with van der Waals surface area (Å²) in [5.74, 6) is -2.55. The van der Waals surface area contributed by atoms with Crippen LogP contribution >= 0.6 is 0 Å². The van der Waals surface area contributed by atoms with Gasteiger partial charge in [-0.2, -0.15) is 13.2 Å². The molecule has 0 saturated carbocycles. The van der Waals surface area contributed by atoms with Gasteiger partial charge in [0.05, 0.1) is 12.3 Å². The molecule has 0 atom stereocenters. The number of amides is 1. The largest absolute Gasteiger partial charge is 0.508 e. The zero-order chi connectivity index (χ0) is 12.3. The van der Waals surface area contributed by atoms with Crippen LogP contribution in [0.1, 0.15) is 5.56 Å². The van der Waals surface area contributed by atoms with Crippen LogP contribution in [0.15, 0.2) is 18.2 Å². The highest BCUT2D eigenvalue weighted by molar-refractivity contribution is 5.95. The lowest BCUT2D eigenvalue weighted by Gasteiger charge is -2.11. The van der Waals surface area contributed by atoms with Crippen LogP contribution in [0.3, 0.4) is 0 Å². The van der Waals surface area contributed by atoms with Crippen molar-refractivity contribution >= 4 is 11.6 Å². The highest BCUT2D eigenvalue weighted by Crippen LogP contribution is 2.27. The Labute approximate surface area is 88.3 Å². The monoisotopic (exact) mass is 235 g/mol. The molecule has 0 aromatic heterocycles. The maximum Gasteiger partial charge on any atom is 0.471 e. The quantitative estimate of drug-likeness (QED) is 0.725. The van der Waals surface area contributed by atoms with E-state index < -0.39 is 18.7 Å². The van der Waals surface area contributed by atoms with Gasteiger partial charge in [0.1, 0.15) is 5.75 Å². The number of benzene rings is 1. The van der Waals surface area contributed by atoms with Crippen LogP contribution in [0, 0.1) is 0 Å². The first kappa shape index (κ1) is 12.3. The van der Waals surface area contributed by atoms with Crippen molar-refractivity contribution in [3.8, 4) is 5.75 Å². The number of hydrogen-bond acceptors (Lipinski definition) is 3. The molecular weight excluding hydrogens is 227 g/mol. The molecule has 3 N–H and O–H groups in total. The number of halogens is 3. The Morgan fingerprint density at radius 3 is 2.50 bits per heavy atom. The molecule has 1 aromatic carbocycles. The number of aliphatic hydroxyl groups excluding tert-OH is 1. The standard InChI is InChI=1S/C9H8F3NO3/c10-9(11,12)8(16)13-6-2-1-3-7(15)5(6)4-14/h1-3,14-15H,4H2,(H,13,16). The molecule has 0 radical (unpaired) electrons. The van der Waals surface area contributed by atoms with Crippen LogP contribution < -0.4 is 5.32 Å². The lowest BCUT2D eigenvalue weighted by atomic mass is 10.1. The van der Waals surface area contributed by atoms with E-state index in [1.165, 1.54) is 12.1 Å². The van der Waals surface area contributed by atoms with E-state index in [2.05, 4.69) is 0 Å². The molecule has 0 aliphatic heterocycles. The minimum Gasteiger partial charge on any atom is -0.508 e. The molecule has 88 valence electrons. The fourth-order valence-electron chi connectivity index (χ4n) is 1.05. The Morgan fingerprint density at radius 2 is 2.00 bits per heavy atom. The number of rotatable bonds is 2. The number of alkyl halides is 3. The molecule has 1 amide bonds. The lowest BCUT2D eigenvalue weighted by Crippen LogP contribution is -2.30. The van der Waals surface area contributed by atoms with Gasteiger partial charge < -0.3 is 15.5 Å². The summed E-state index contributed by atoms with van der Waals surface area (Å²) in [6.45, 7) is -0.680. The molecule has 7 heteroatoms. The summed E-state index contributed by atoms with van der Waals surface area (Å²) in [6, 6.07) is 3.59. The summed E-state index contributed by atoms with van der Waals surface area (Å²) in [5.41, 5.74) is -0.440. The highest BCUT2D eigenvalue weighted by Gasteiger charge is 2.39. The first-order valence-corrected chi connectivity index (χ1v) is 4.16. The zero-order valence-electron chi connectivity index (χ0n) is 7.88. The minimum absolute atomic E-state index is 0.167. The smallest absolute Gasteiger partial charge is 0.471 e. The summed E-state index contributed by atoms with van der Waals surface area (Å²) in [7, 11) is 0. The number of nitrogens with one attached hydrogen (secondary N) is 1. The van der Waals surface area contributed by atoms with Gasteiger partial charge in [-0.05, 0) is 12.1 Å². The van der Waals surface area contributed by atoms with E-state index in [4.69, 9.17) is 5.11 Å². The van der Waals surface area contributed by atoms with Gasteiger partial charge in [-0.3, -0.25) is 4.79 Å². The van der Waals surface area contributed by atoms with E-state index in [0.29, 0.717) is 0 Å². The van der Waals surface area contributed by atoms with Gasteiger partial charge in [-0.1, -0.05) is 6.07 Å². The average Bonchev–Trinajstić information content (AvgIpc) is 2.16. The van der Waals surface area contributed by atoms with E-state index in [1.54, 1.807) is 5.32 Å². The second kappa shape index (κ2) is 4.40. The Bertz CT molecular complexity index is 403. The van der Waals surface area contributed by atoms with Crippen molar-refractivity contribution < 1.29 is 28.2 Å². The van der Waals surface area contributed by atoms with E-state index >= 15 is 0 Å². The molecular formula is C9H8F3NO3. The number of aromatic hydroxyl groups is 1. The van der Waals surface area contributed by atoms with E-state index in [9.17, 15) is 23.1 Å². The highest BCUT2D eigenvalue weighted by atomic mass is 19.4. The molecule has 0 aliphatic carbocycles. The van der Waals surface area contributed by atoms with Gasteiger partial charge in [0, 0.05) is 5.56 Å². The fourth-order valence-corrected chi connectivity index (χ4v) is 1.05. The van der Waals surface area contributed by atoms with Crippen LogP contribution in [0.4, 0.5) is 18.9 Å². The minimum atomic E-state index is -5.02. The van der Waals surface area contributed by atoms with Crippen LogP contribution in [0.5, 0.6) is 5.75 Å². The second-order valence-corrected chi connectivity index (χ2v) is 2.91. The first-order chi connectivity index (χ1) is 7.36. The number of anilines is 1. The van der Waals surface area contributed by atoms with Crippen LogP contribution in [-0.4, -0.2) is 22.3 Å². The molecule has 0 saturated heterocycles. The van der Waals surface area contributed by atoms with E-state index in [1.807, 2.05) is 0 Å². The van der Waals surface area contributed by atoms with Crippen molar-refractivity contribution in [2.24, 2.45) is 0 Å². The molecule has 0 unspecified atom stereocenters. The summed E-state index contributed by atoms with van der Waals surface area (Å²) >= 11 is 0. The molecule has 0 aliphatic rings. The number of hydrogen-bond donors (Lipinski definition) is 3. The Kier molecular flexibility index (Phi) is 3.38. The van der Waals surface area contributed by atoms with Crippen LogP contribution in [0.2, 0.25) is 0 Å². The predicted octanol–water partition coefficient (Wildman–Crippen LogP) is 1.39. The van der Waals surface area contributed by atoms with Gasteiger partial charge in [0.2, 0.25) is 0 Å². The first-order valence-electron chi connectivity index (χ1n) is 4.16. The average molecular weight is 235 g/mol. The van der Waals surface area contributed by atoms with Crippen LogP contribution in [0.25, 0.3) is 0 Å². The maximum absolute atomic E-state index is 11.9. The fraction of sp³-hybridized carbons (Fsp3) is 0.222. The van der Waals surface area contributed by atoms with Gasteiger partial charge >= 0.3 is 12.1 Å². The topological polar surface area (TPSA) is 69.6 Å². The van der Waals surface area contributed by atoms with Crippen molar-refractivity contribution in [3.05, 3.63) is 23.8 Å². The molecule has 1 rings (SSSR count). The summed E-state index contributed by atoms with van der Waals surface area (Å²) in [6.07, 6.45) is -5.02. The molecule has 4 nitrogen and oxygen atoms in total. The number of carbonyl (C=O) groups excluding carboxylic acids is 1. The summed E-state index contributed by atoms with van der Waals surface area (Å²) in [5, 5.41) is 19.6. The normalized spacial score (nSPS) is 11.2. The zero-order valence-corrected chi connectivity index (χ0v) is 7.88. The molecule has 0 bridgehead atoms. The molecule has 0 fully saturated rings. The summed E-state index contributed by atoms with van der Waals surface area (Å²) in [4.78, 5) is 10.6. The molecule has 1 aromatic rings. The Hall–Kier alpha value is -1.76. The number of aliphatic hydroxyl groups is 1. The SMILES string of the molecule is O=C(Nc1cccc(O)c1CO)C(F)(F)F. The predicted molar refractivity (Wildman–Crippen MR) is 48.7 cm³/mol. The number of carbonyl (C=O) groups is 1. The van der Waals surface area contributed by atoms with Crippen molar-refractivity contribution in [1.82, 2.24) is 0 Å². The van der Waals surface area contributed by atoms with Crippen molar-refractivity contribution in [2.75, 3.05) is 5.32 Å². The Balaban J connectivity index is 2.98. The third-order valence-corrected chi connectivity index (χ3v) is 1.82. The van der Waals surface area contributed by atoms with Gasteiger partial charge in [0.25, 0.3) is 0 Å². The molecule has 0 spiro atoms. The van der Waals surface area contributed by atoms with Crippen molar-refractivity contribution in [2.45, 2.75) is 12.8 Å². The molecule has 0 heterocycles. The van der Waals surface area contributed by atoms with Crippen molar-refractivity contribution in [1.29, 1.82) is 0 Å². The van der Waals surface area contributed by atoms with Crippen LogP contribution in [-0.2, 0) is 11.4 Å². The van der Waals surface area contributed by atoms with E-state index in [0.717, 1.165) is 6.07 Å².